The van der Waals surface area contributed by atoms with Crippen molar-refractivity contribution in [1.82, 2.24) is 0 Å². The van der Waals surface area contributed by atoms with Gasteiger partial charge in [0.25, 0.3) is 0 Å². The predicted molar refractivity (Wildman–Crippen MR) is 217 cm³/mol. The summed E-state index contributed by atoms with van der Waals surface area (Å²) in [5, 5.41) is 31.6. The van der Waals surface area contributed by atoms with Crippen molar-refractivity contribution in [3.63, 3.8) is 0 Å². The predicted octanol–water partition coefficient (Wildman–Crippen LogP) is 6.11. The molecule has 1 unspecified atom stereocenters. The van der Waals surface area contributed by atoms with E-state index in [0.29, 0.717) is 13.0 Å². The van der Waals surface area contributed by atoms with E-state index in [4.69, 9.17) is 33.0 Å². The zero-order chi connectivity index (χ0) is 44.2. The second-order valence-electron chi connectivity index (χ2n) is 15.2. The Hall–Kier alpha value is -0.400. The molecule has 0 aliphatic heterocycles. The number of carbonyl (C=O) groups excluding carboxylic acids is 1. The molecule has 1 aliphatic rings. The van der Waals surface area contributed by atoms with Crippen molar-refractivity contribution in [2.45, 2.75) is 198 Å². The fourth-order valence-corrected chi connectivity index (χ4v) is 8.67. The van der Waals surface area contributed by atoms with Crippen LogP contribution in [0.25, 0.3) is 0 Å². The van der Waals surface area contributed by atoms with Gasteiger partial charge in [-0.15, -0.1) is 0 Å². The van der Waals surface area contributed by atoms with Crippen LogP contribution in [0.15, 0.2) is 0 Å². The van der Waals surface area contributed by atoms with Crippen LogP contribution >= 0.6 is 23.5 Å². The number of aliphatic hydroxyl groups excluding tert-OH is 3. The Labute approximate surface area is 350 Å². The van der Waals surface area contributed by atoms with Gasteiger partial charge in [0.1, 0.15) is 42.7 Å². The summed E-state index contributed by atoms with van der Waals surface area (Å²) in [4.78, 5) is 59.8. The van der Waals surface area contributed by atoms with Crippen molar-refractivity contribution in [2.75, 3.05) is 33.0 Å². The Morgan fingerprint density at radius 1 is 0.492 bits per heavy atom. The van der Waals surface area contributed by atoms with Gasteiger partial charge in [0.15, 0.2) is 0 Å². The van der Waals surface area contributed by atoms with E-state index in [-0.39, 0.29) is 13.0 Å². The van der Waals surface area contributed by atoms with Crippen molar-refractivity contribution in [1.29, 1.82) is 0 Å². The van der Waals surface area contributed by atoms with Gasteiger partial charge in [-0.2, -0.15) is 0 Å². The summed E-state index contributed by atoms with van der Waals surface area (Å²) in [5.74, 6) is -0.610. The van der Waals surface area contributed by atoms with Crippen LogP contribution in [0.3, 0.4) is 0 Å². The Morgan fingerprint density at radius 3 is 1.34 bits per heavy atom. The lowest BCUT2D eigenvalue weighted by molar-refractivity contribution is -0.213. The highest BCUT2D eigenvalue weighted by atomic mass is 31.2. The fourth-order valence-electron chi connectivity index (χ4n) is 6.57. The zero-order valence-electron chi connectivity index (χ0n) is 35.0. The molecular weight excluding hydrogens is 841 g/mol. The second kappa shape index (κ2) is 32.3. The highest BCUT2D eigenvalue weighted by molar-refractivity contribution is 7.47. The maximum Gasteiger partial charge on any atom is 0.472 e. The first kappa shape index (κ1) is 56.6. The van der Waals surface area contributed by atoms with Gasteiger partial charge >= 0.3 is 29.4 Å². The van der Waals surface area contributed by atoms with Crippen LogP contribution in [-0.2, 0) is 50.8 Å². The smallest absolute Gasteiger partial charge is 0.457 e. The van der Waals surface area contributed by atoms with E-state index in [2.05, 4.69) is 16.0 Å². The van der Waals surface area contributed by atoms with E-state index in [0.717, 1.165) is 71.0 Å². The lowest BCUT2D eigenvalue weighted by Crippen LogP contribution is -2.65. The van der Waals surface area contributed by atoms with E-state index in [1.807, 2.05) is 6.92 Å². The molecule has 352 valence electrons. The molecule has 0 heterocycles. The second-order valence-corrected chi connectivity index (χ2v) is 19.0. The highest BCUT2D eigenvalue weighted by Crippen LogP contribution is 2.51. The van der Waals surface area contributed by atoms with Crippen LogP contribution in [-0.4, -0.2) is 122 Å². The summed E-state index contributed by atoms with van der Waals surface area (Å²) in [7, 11) is -16.4. The molecule has 1 aliphatic carbocycles. The Morgan fingerprint density at radius 2 is 0.881 bits per heavy atom. The van der Waals surface area contributed by atoms with Gasteiger partial charge < -0.3 is 54.0 Å². The first-order chi connectivity index (χ1) is 27.9. The molecule has 22 heteroatoms. The Kier molecular flexibility index (Phi) is 31.0. The van der Waals surface area contributed by atoms with E-state index in [1.165, 1.54) is 70.6 Å². The van der Waals surface area contributed by atoms with Crippen LogP contribution in [0.1, 0.15) is 155 Å². The van der Waals surface area contributed by atoms with Gasteiger partial charge in [-0.25, -0.2) is 13.7 Å². The molecule has 0 amide bonds. The summed E-state index contributed by atoms with van der Waals surface area (Å²) in [5.41, 5.74) is 0. The molecule has 0 saturated heterocycles. The Balaban J connectivity index is 2.44. The maximum absolute atomic E-state index is 12.9. The molecular formula is C37H75O19P3. The molecule has 59 heavy (non-hydrogen) atoms. The van der Waals surface area contributed by atoms with E-state index in [9.17, 15) is 48.5 Å². The van der Waals surface area contributed by atoms with E-state index < -0.39 is 78.8 Å². The third-order valence-electron chi connectivity index (χ3n) is 9.77. The number of phosphoric ester groups is 3. The number of unbranched alkanes of at least 4 members (excludes halogenated alkanes) is 18. The summed E-state index contributed by atoms with van der Waals surface area (Å²) in [6, 6.07) is 0. The summed E-state index contributed by atoms with van der Waals surface area (Å²) < 4.78 is 71.2. The number of esters is 1. The van der Waals surface area contributed by atoms with Gasteiger partial charge in [-0.05, 0) is 25.7 Å². The van der Waals surface area contributed by atoms with Crippen molar-refractivity contribution in [3.8, 4) is 0 Å². The van der Waals surface area contributed by atoms with Gasteiger partial charge in [0.05, 0.1) is 13.2 Å². The quantitative estimate of drug-likeness (QED) is 0.0197. The number of hydrogen-bond donors (Lipinski definition) is 8. The molecule has 0 radical (unpaired) electrons. The minimum Gasteiger partial charge on any atom is -0.457 e. The normalized spacial score (nSPS) is 22.9. The molecule has 0 spiro atoms. The summed E-state index contributed by atoms with van der Waals surface area (Å²) >= 11 is 0. The monoisotopic (exact) mass is 916 g/mol. The minimum atomic E-state index is -5.55. The number of phosphoric acid groups is 3. The lowest BCUT2D eigenvalue weighted by Gasteiger charge is -2.44. The molecule has 0 aromatic rings. The average molecular weight is 917 g/mol. The lowest BCUT2D eigenvalue weighted by atomic mass is 9.85. The minimum absolute atomic E-state index is 0.0720. The third-order valence-corrected chi connectivity index (χ3v) is 11.8. The first-order valence-electron chi connectivity index (χ1n) is 21.4. The van der Waals surface area contributed by atoms with Crippen molar-refractivity contribution in [3.05, 3.63) is 0 Å². The van der Waals surface area contributed by atoms with E-state index in [1.54, 1.807) is 0 Å². The standard InChI is InChI=1S/C37H75O19P3/c1-3-5-7-8-9-14-17-21-25-50-26-22-18-15-12-10-11-13-16-19-23-27-51-28-30(53-31(38)24-20-6-4-2)29-52-59(48,49)56-35-32(39)33(40)36(54-57(42,43)44)37(34(35)41)55-58(45,46)47/h30,32-37,39-41H,3-29H2,1-2H3,(H,48,49)(H2,42,43,44)(H2,45,46,47)/t30-,32-,33+,34+,35-,36-,37-/m1/s1. The van der Waals surface area contributed by atoms with Gasteiger partial charge in [0, 0.05) is 26.2 Å². The molecule has 8 atom stereocenters. The fraction of sp³-hybridized carbons (Fsp3) is 0.973. The van der Waals surface area contributed by atoms with Crippen LogP contribution in [0, 0.1) is 0 Å². The third kappa shape index (κ3) is 28.8. The number of rotatable bonds is 38. The van der Waals surface area contributed by atoms with Crippen LogP contribution in [0.2, 0.25) is 0 Å². The topological polar surface area (TPSA) is 295 Å². The molecule has 0 aromatic carbocycles. The molecule has 1 rings (SSSR count). The number of hydrogen-bond acceptors (Lipinski definition) is 14. The largest absolute Gasteiger partial charge is 0.472 e. The number of aliphatic hydroxyl groups is 3. The van der Waals surface area contributed by atoms with Crippen LogP contribution in [0.5, 0.6) is 0 Å². The molecule has 8 N–H and O–H groups in total. The summed E-state index contributed by atoms with van der Waals surface area (Å²) in [6.07, 6.45) is 7.63. The van der Waals surface area contributed by atoms with E-state index >= 15 is 0 Å². The van der Waals surface area contributed by atoms with Gasteiger partial charge in [-0.3, -0.25) is 22.9 Å². The zero-order valence-corrected chi connectivity index (χ0v) is 37.7. The number of carbonyl (C=O) groups is 1. The molecule has 0 bridgehead atoms. The maximum atomic E-state index is 12.9. The van der Waals surface area contributed by atoms with Crippen LogP contribution in [0.4, 0.5) is 0 Å². The van der Waals surface area contributed by atoms with Gasteiger partial charge in [-0.1, -0.05) is 123 Å². The van der Waals surface area contributed by atoms with Crippen molar-refractivity contribution < 1.29 is 90.6 Å². The molecule has 0 aromatic heterocycles. The molecule has 1 fully saturated rings. The first-order valence-corrected chi connectivity index (χ1v) is 26.0. The average Bonchev–Trinajstić information content (AvgIpc) is 3.15. The molecule has 19 nitrogen and oxygen atoms in total. The highest BCUT2D eigenvalue weighted by Gasteiger charge is 2.56. The van der Waals surface area contributed by atoms with Crippen molar-refractivity contribution in [2.24, 2.45) is 0 Å². The van der Waals surface area contributed by atoms with Crippen molar-refractivity contribution >= 4 is 29.4 Å². The van der Waals surface area contributed by atoms with Gasteiger partial charge in [0.2, 0.25) is 0 Å². The molecule has 1 saturated carbocycles. The Bertz CT molecular complexity index is 1220. The SMILES string of the molecule is CCCCCCCCCCOCCCCCCCCCCCCOC[C@H](COP(=O)(O)O[C@@H]1[C@H](O)[C@H](O)[C@@H](OP(=O)(O)O)[C@H](OP(=O)(O)O)[C@H]1O)OC(=O)CCCCC. The number of ether oxygens (including phenoxy) is 3. The van der Waals surface area contributed by atoms with Crippen LogP contribution < -0.4 is 0 Å². The summed E-state index contributed by atoms with van der Waals surface area (Å²) in [6.45, 7) is 5.26.